The maximum atomic E-state index is 13.2. The van der Waals surface area contributed by atoms with Crippen molar-refractivity contribution in [3.8, 4) is 0 Å². The number of carbonyl (C=O) groups excluding carboxylic acids is 1. The smallest absolute Gasteiger partial charge is 0.350 e. The molecule has 0 bridgehead atoms. The summed E-state index contributed by atoms with van der Waals surface area (Å²) in [5.41, 5.74) is -1.92. The average molecular weight is 425 g/mol. The molecule has 1 N–H and O–H groups in total. The van der Waals surface area contributed by atoms with Crippen LogP contribution in [0.1, 0.15) is 15.9 Å². The number of fused-ring (bicyclic) bond motifs is 1. The Balaban J connectivity index is 1.49. The quantitative estimate of drug-likeness (QED) is 0.644. The Morgan fingerprint density at radius 3 is 2.48 bits per heavy atom. The normalized spacial score (nSPS) is 14.7. The standard InChI is InChI=1S/C19H13ClF4N4O/c20-16-12-3-1-2-4-13(12)17(27-26-16)28-8-11(9-28)25-18(29)14-6-5-10(21)7-15(14)19(22,23)24/h1-7,11H,8-9H2,(H,25,29). The van der Waals surface area contributed by atoms with E-state index in [0.717, 1.165) is 22.9 Å². The fraction of sp³-hybridized carbons (Fsp3) is 0.211. The number of rotatable bonds is 3. The van der Waals surface area contributed by atoms with Gasteiger partial charge < -0.3 is 10.2 Å². The largest absolute Gasteiger partial charge is 0.417 e. The lowest BCUT2D eigenvalue weighted by atomic mass is 10.0. The van der Waals surface area contributed by atoms with Gasteiger partial charge in [-0.25, -0.2) is 4.39 Å². The van der Waals surface area contributed by atoms with Crippen LogP contribution in [0.15, 0.2) is 42.5 Å². The van der Waals surface area contributed by atoms with Gasteiger partial charge in [-0.2, -0.15) is 13.2 Å². The van der Waals surface area contributed by atoms with Crippen LogP contribution < -0.4 is 10.2 Å². The molecular formula is C19H13ClF4N4O. The number of halogens is 5. The van der Waals surface area contributed by atoms with E-state index in [9.17, 15) is 22.4 Å². The van der Waals surface area contributed by atoms with Gasteiger partial charge in [0.15, 0.2) is 11.0 Å². The molecule has 0 radical (unpaired) electrons. The summed E-state index contributed by atoms with van der Waals surface area (Å²) in [5.74, 6) is -1.39. The molecule has 0 spiro atoms. The summed E-state index contributed by atoms with van der Waals surface area (Å²) in [6, 6.07) is 8.89. The SMILES string of the molecule is O=C(NC1CN(c2nnc(Cl)c3ccccc23)C1)c1ccc(F)cc1C(F)(F)F. The topological polar surface area (TPSA) is 58.1 Å². The minimum Gasteiger partial charge on any atom is -0.350 e. The second-order valence-electron chi connectivity index (χ2n) is 6.62. The van der Waals surface area contributed by atoms with E-state index >= 15 is 0 Å². The first-order valence-electron chi connectivity index (χ1n) is 8.57. The third kappa shape index (κ3) is 3.69. The van der Waals surface area contributed by atoms with Crippen molar-refractivity contribution in [3.63, 3.8) is 0 Å². The molecule has 1 fully saturated rings. The predicted octanol–water partition coefficient (Wildman–Crippen LogP) is 4.06. The highest BCUT2D eigenvalue weighted by atomic mass is 35.5. The van der Waals surface area contributed by atoms with E-state index in [2.05, 4.69) is 15.5 Å². The molecule has 2 aromatic carbocycles. The first-order chi connectivity index (χ1) is 13.7. The molecule has 0 atom stereocenters. The van der Waals surface area contributed by atoms with E-state index in [4.69, 9.17) is 11.6 Å². The monoisotopic (exact) mass is 424 g/mol. The summed E-state index contributed by atoms with van der Waals surface area (Å²) < 4.78 is 52.5. The Kier molecular flexibility index (Phi) is 4.77. The number of hydrogen-bond acceptors (Lipinski definition) is 4. The van der Waals surface area contributed by atoms with Gasteiger partial charge >= 0.3 is 6.18 Å². The number of amides is 1. The van der Waals surface area contributed by atoms with E-state index < -0.39 is 29.0 Å². The van der Waals surface area contributed by atoms with Gasteiger partial charge in [-0.1, -0.05) is 35.9 Å². The van der Waals surface area contributed by atoms with Crippen molar-refractivity contribution < 1.29 is 22.4 Å². The third-order valence-corrected chi connectivity index (χ3v) is 4.95. The zero-order valence-electron chi connectivity index (χ0n) is 14.7. The van der Waals surface area contributed by atoms with E-state index in [1.165, 1.54) is 0 Å². The van der Waals surface area contributed by atoms with Crippen LogP contribution in [0.4, 0.5) is 23.4 Å². The van der Waals surface area contributed by atoms with E-state index in [0.29, 0.717) is 25.0 Å². The summed E-state index contributed by atoms with van der Waals surface area (Å²) in [6.07, 6.45) is -4.84. The number of nitrogens with zero attached hydrogens (tertiary/aromatic N) is 3. The Hall–Kier alpha value is -2.94. The molecule has 10 heteroatoms. The Morgan fingerprint density at radius 2 is 1.79 bits per heavy atom. The first-order valence-corrected chi connectivity index (χ1v) is 8.95. The van der Waals surface area contributed by atoms with E-state index in [-0.39, 0.29) is 11.2 Å². The lowest BCUT2D eigenvalue weighted by molar-refractivity contribution is -0.138. The van der Waals surface area contributed by atoms with Crippen LogP contribution in [0.5, 0.6) is 0 Å². The van der Waals surface area contributed by atoms with Crippen molar-refractivity contribution in [2.45, 2.75) is 12.2 Å². The number of carbonyl (C=O) groups is 1. The van der Waals surface area contributed by atoms with Gasteiger partial charge in [0.25, 0.3) is 5.91 Å². The summed E-state index contributed by atoms with van der Waals surface area (Å²) in [4.78, 5) is 14.2. The number of alkyl halides is 3. The zero-order valence-corrected chi connectivity index (χ0v) is 15.4. The van der Waals surface area contributed by atoms with Gasteiger partial charge in [-0.3, -0.25) is 4.79 Å². The third-order valence-electron chi connectivity index (χ3n) is 4.67. The molecule has 1 aliphatic heterocycles. The lowest BCUT2D eigenvalue weighted by Gasteiger charge is -2.40. The molecule has 4 rings (SSSR count). The van der Waals surface area contributed by atoms with Gasteiger partial charge in [0.1, 0.15) is 5.82 Å². The summed E-state index contributed by atoms with van der Waals surface area (Å²) in [7, 11) is 0. The molecule has 1 saturated heterocycles. The van der Waals surface area contributed by atoms with Crippen molar-refractivity contribution in [2.24, 2.45) is 0 Å². The van der Waals surface area contributed by atoms with Gasteiger partial charge in [-0.15, -0.1) is 10.2 Å². The fourth-order valence-corrected chi connectivity index (χ4v) is 3.45. The van der Waals surface area contributed by atoms with Crippen molar-refractivity contribution in [1.29, 1.82) is 0 Å². The van der Waals surface area contributed by atoms with Gasteiger partial charge in [0.05, 0.1) is 17.2 Å². The molecule has 3 aromatic rings. The summed E-state index contributed by atoms with van der Waals surface area (Å²) >= 11 is 6.06. The number of anilines is 1. The Bertz CT molecular complexity index is 1100. The number of aromatic nitrogens is 2. The van der Waals surface area contributed by atoms with Crippen molar-refractivity contribution >= 4 is 34.1 Å². The maximum Gasteiger partial charge on any atom is 0.417 e. The molecule has 1 amide bonds. The molecular weight excluding hydrogens is 412 g/mol. The highest BCUT2D eigenvalue weighted by Gasteiger charge is 2.37. The average Bonchev–Trinajstić information content (AvgIpc) is 2.64. The summed E-state index contributed by atoms with van der Waals surface area (Å²) in [6.45, 7) is 0.684. The minimum absolute atomic E-state index is 0.269. The highest BCUT2D eigenvalue weighted by Crippen LogP contribution is 2.33. The van der Waals surface area contributed by atoms with Crippen LogP contribution in [0.25, 0.3) is 10.8 Å². The molecule has 2 heterocycles. The first kappa shape index (κ1) is 19.4. The van der Waals surface area contributed by atoms with Crippen LogP contribution in [0.2, 0.25) is 5.15 Å². The van der Waals surface area contributed by atoms with E-state index in [1.807, 2.05) is 29.2 Å². The van der Waals surface area contributed by atoms with Crippen molar-refractivity contribution in [3.05, 3.63) is 64.6 Å². The molecule has 5 nitrogen and oxygen atoms in total. The molecule has 29 heavy (non-hydrogen) atoms. The Labute approximate surface area is 167 Å². The predicted molar refractivity (Wildman–Crippen MR) is 99.4 cm³/mol. The zero-order chi connectivity index (χ0) is 20.8. The van der Waals surface area contributed by atoms with Crippen LogP contribution in [0.3, 0.4) is 0 Å². The number of nitrogens with one attached hydrogen (secondary N) is 1. The minimum atomic E-state index is -4.84. The van der Waals surface area contributed by atoms with Crippen LogP contribution in [0, 0.1) is 5.82 Å². The van der Waals surface area contributed by atoms with Crippen LogP contribution >= 0.6 is 11.6 Å². The van der Waals surface area contributed by atoms with Crippen LogP contribution in [-0.4, -0.2) is 35.2 Å². The van der Waals surface area contributed by atoms with Gasteiger partial charge in [0, 0.05) is 23.9 Å². The van der Waals surface area contributed by atoms with Crippen LogP contribution in [-0.2, 0) is 6.18 Å². The van der Waals surface area contributed by atoms with Crippen molar-refractivity contribution in [2.75, 3.05) is 18.0 Å². The fourth-order valence-electron chi connectivity index (χ4n) is 3.25. The molecule has 0 saturated carbocycles. The van der Waals surface area contributed by atoms with Gasteiger partial charge in [-0.05, 0) is 18.2 Å². The highest BCUT2D eigenvalue weighted by molar-refractivity contribution is 6.34. The van der Waals surface area contributed by atoms with E-state index in [1.54, 1.807) is 0 Å². The number of benzene rings is 2. The summed E-state index contributed by atoms with van der Waals surface area (Å²) in [5, 5.41) is 12.3. The molecule has 1 aromatic heterocycles. The van der Waals surface area contributed by atoms with Crippen molar-refractivity contribution in [1.82, 2.24) is 15.5 Å². The number of hydrogen-bond donors (Lipinski definition) is 1. The molecule has 150 valence electrons. The molecule has 0 unspecified atom stereocenters. The maximum absolute atomic E-state index is 13.2. The second kappa shape index (κ2) is 7.14. The lowest BCUT2D eigenvalue weighted by Crippen LogP contribution is -2.60. The van der Waals surface area contributed by atoms with Gasteiger partial charge in [0.2, 0.25) is 0 Å². The second-order valence-corrected chi connectivity index (χ2v) is 6.98. The molecule has 1 aliphatic rings. The molecule has 0 aliphatic carbocycles. The Morgan fingerprint density at radius 1 is 1.10 bits per heavy atom.